The number of ether oxygens (including phenoxy) is 1. The predicted octanol–water partition coefficient (Wildman–Crippen LogP) is -1.19. The average molecular weight is 794 g/mol. The number of hydrogen-bond donors (Lipinski definition) is 6. The van der Waals surface area contributed by atoms with Crippen molar-refractivity contribution in [2.24, 2.45) is 16.8 Å². The van der Waals surface area contributed by atoms with Crippen LogP contribution in [0.1, 0.15) is 56.9 Å². The molecule has 3 aliphatic rings. The third kappa shape index (κ3) is 8.18. The largest absolute Gasteiger partial charge is 0.724 e. The number of hydroxylamine groups is 2. The Hall–Kier alpha value is -4.71. The molecule has 4 atom stereocenters. The zero-order valence-electron chi connectivity index (χ0n) is 29.5. The predicted molar refractivity (Wildman–Crippen MR) is 189 cm³/mol. The molecule has 22 heteroatoms. The number of amides is 1. The number of nitrogens with one attached hydrogen (secondary N) is 1. The molecule has 292 valence electrons. The maximum Gasteiger partial charge on any atom is 0.574 e. The Balaban J connectivity index is 1.39. The number of β-lactam (4-membered cyclic amide) rings is 1. The number of anilines is 1. The molecule has 0 radical (unpaired) electrons. The first-order valence-electron chi connectivity index (χ1n) is 16.7. The minimum absolute atomic E-state index is 0.00629. The molecule has 2 unspecified atom stereocenters. The monoisotopic (exact) mass is 793 g/mol. The van der Waals surface area contributed by atoms with Gasteiger partial charge in [0.1, 0.15) is 30.6 Å². The standard InChI is InChI=1S/C32H40N8O12S2/c1-31(2)20(27(44)40(31)52-54(47,48)49)12-23(43)26(21-16-53-29(34)36-21)37-51-32(3,28(45)46)25-8-6-18-11-17(5-7-24(18)50-25)22-14-38(13-19(42)15-41)30(35)39(22)10-4-9-33/h5,7,11,14,16,19-20,25,35,41-42H,4,6,8-10,12-13,15,33H2,1-3H3,(H2-2,34,36,45,46,47,48,49)/p+1/b35-30?,37-26-/t19-,20?,25?,32-/m0/s1. The van der Waals surface area contributed by atoms with E-state index in [1.165, 1.54) is 30.7 Å². The van der Waals surface area contributed by atoms with Crippen LogP contribution in [-0.2, 0) is 40.3 Å². The zero-order valence-corrected chi connectivity index (χ0v) is 31.1. The molecule has 8 N–H and O–H groups in total. The molecule has 1 aromatic heterocycles. The number of thiazole rings is 1. The van der Waals surface area contributed by atoms with Gasteiger partial charge in [0, 0.05) is 29.2 Å². The Morgan fingerprint density at radius 2 is 2.07 bits per heavy atom. The molecule has 4 heterocycles. The Morgan fingerprint density at radius 1 is 1.35 bits per heavy atom. The van der Waals surface area contributed by atoms with E-state index in [0.29, 0.717) is 42.5 Å². The summed E-state index contributed by atoms with van der Waals surface area (Å²) in [6.45, 7) is 4.38. The van der Waals surface area contributed by atoms with E-state index in [-0.39, 0.29) is 29.8 Å². The summed E-state index contributed by atoms with van der Waals surface area (Å²) in [6, 6.07) is 5.26. The Bertz CT molecular complexity index is 2060. The fourth-order valence-corrected chi connectivity index (χ4v) is 7.27. The SMILES string of the molecule is CC1(C)C(CC(=O)/C(=N\O[C@](C)(C(=O)O)C2CCc3cc(C4=[N+](CCCN)C(=N)[N+](C[C@H](O)CO)=C4)ccc3O2)c2csc(N)n2)C(=O)N1OS(=O)(=O)[O-]. The second-order valence-corrected chi connectivity index (χ2v) is 15.4. The Morgan fingerprint density at radius 3 is 2.67 bits per heavy atom. The fourth-order valence-electron chi connectivity index (χ4n) is 6.27. The lowest BCUT2D eigenvalue weighted by atomic mass is 9.74. The summed E-state index contributed by atoms with van der Waals surface area (Å²) < 4.78 is 47.0. The second-order valence-electron chi connectivity index (χ2n) is 13.6. The van der Waals surface area contributed by atoms with Crippen molar-refractivity contribution in [2.45, 2.75) is 69.8 Å². The molecule has 20 nitrogen and oxygen atoms in total. The number of oxime groups is 1. The molecular weight excluding hydrogens is 753 g/mol. The number of carboxylic acid groups (broad SMARTS) is 1. The van der Waals surface area contributed by atoms with Crippen molar-refractivity contribution >= 4 is 68.1 Å². The average Bonchev–Trinajstić information content (AvgIpc) is 3.68. The van der Waals surface area contributed by atoms with Crippen LogP contribution in [0.15, 0.2) is 28.7 Å². The number of aromatic nitrogens is 1. The number of aliphatic hydroxyl groups excluding tert-OH is 2. The highest BCUT2D eigenvalue weighted by molar-refractivity contribution is 7.80. The number of Topliss-reactive ketones (excluding diaryl/α,β-unsaturated/α-hetero) is 1. The molecule has 0 bridgehead atoms. The van der Waals surface area contributed by atoms with Crippen LogP contribution in [-0.4, -0.2) is 138 Å². The number of aliphatic hydroxyl groups is 2. The van der Waals surface area contributed by atoms with E-state index in [1.807, 2.05) is 6.07 Å². The first-order chi connectivity index (χ1) is 25.3. The third-order valence-electron chi connectivity index (χ3n) is 9.43. The summed E-state index contributed by atoms with van der Waals surface area (Å²) in [5, 5.41) is 44.1. The van der Waals surface area contributed by atoms with Crippen molar-refractivity contribution in [1.82, 2.24) is 10.0 Å². The number of hydrogen-bond acceptors (Lipinski definition) is 17. The lowest BCUT2D eigenvalue weighted by molar-refractivity contribution is -0.540. The van der Waals surface area contributed by atoms with Crippen molar-refractivity contribution in [3.05, 3.63) is 40.4 Å². The van der Waals surface area contributed by atoms with Crippen molar-refractivity contribution in [3.8, 4) is 5.75 Å². The van der Waals surface area contributed by atoms with Crippen LogP contribution in [0.3, 0.4) is 0 Å². The van der Waals surface area contributed by atoms with Crippen molar-refractivity contribution < 1.29 is 65.7 Å². The van der Waals surface area contributed by atoms with Gasteiger partial charge < -0.3 is 40.9 Å². The molecule has 0 aliphatic carbocycles. The van der Waals surface area contributed by atoms with Gasteiger partial charge in [-0.25, -0.2) is 18.2 Å². The molecule has 0 spiro atoms. The Kier molecular flexibility index (Phi) is 11.7. The van der Waals surface area contributed by atoms with Gasteiger partial charge in [0.05, 0.1) is 18.1 Å². The van der Waals surface area contributed by atoms with Crippen LogP contribution in [0.2, 0.25) is 0 Å². The molecular formula is C32H41N8O12S2+. The lowest BCUT2D eigenvalue weighted by Crippen LogP contribution is -2.68. The highest BCUT2D eigenvalue weighted by Crippen LogP contribution is 2.41. The molecule has 0 saturated carbocycles. The van der Waals surface area contributed by atoms with E-state index in [9.17, 15) is 42.7 Å². The number of aryl methyl sites for hydroxylation is 1. The van der Waals surface area contributed by atoms with Gasteiger partial charge in [-0.1, -0.05) is 5.16 Å². The molecule has 1 amide bonds. The highest BCUT2D eigenvalue weighted by Gasteiger charge is 2.57. The van der Waals surface area contributed by atoms with Gasteiger partial charge in [-0.2, -0.15) is 9.35 Å². The number of nitrogens with zero attached hydrogens (tertiary/aromatic N) is 5. The van der Waals surface area contributed by atoms with Gasteiger partial charge in [-0.05, 0) is 63.9 Å². The van der Waals surface area contributed by atoms with E-state index in [0.717, 1.165) is 22.5 Å². The first kappa shape index (κ1) is 40.5. The maximum atomic E-state index is 13.6. The van der Waals surface area contributed by atoms with Crippen LogP contribution in [0.4, 0.5) is 5.13 Å². The second kappa shape index (κ2) is 15.6. The number of β-amino-alcohol motifs (C(OH)–C–C–N with tert-alkyl or cyclic N) is 1. The summed E-state index contributed by atoms with van der Waals surface area (Å²) >= 11 is 0.966. The lowest BCUT2D eigenvalue weighted by Gasteiger charge is -2.51. The zero-order chi connectivity index (χ0) is 39.7. The van der Waals surface area contributed by atoms with E-state index in [1.54, 1.807) is 22.9 Å². The topological polar surface area (TPSA) is 307 Å². The van der Waals surface area contributed by atoms with Crippen LogP contribution in [0, 0.1) is 11.3 Å². The number of nitrogens with two attached hydrogens (primary N) is 2. The molecule has 3 aliphatic heterocycles. The number of carbonyl (C=O) groups is 3. The number of benzene rings is 1. The Labute approximate surface area is 313 Å². The van der Waals surface area contributed by atoms with Crippen molar-refractivity contribution in [3.63, 3.8) is 0 Å². The van der Waals surface area contributed by atoms with E-state index in [2.05, 4.69) is 14.4 Å². The minimum Gasteiger partial charge on any atom is -0.724 e. The minimum atomic E-state index is -5.28. The number of carbonyl (C=O) groups excluding carboxylic acids is 2. The van der Waals surface area contributed by atoms with Crippen molar-refractivity contribution in [1.29, 1.82) is 5.41 Å². The number of fused-ring (bicyclic) bond motifs is 1. The summed E-state index contributed by atoms with van der Waals surface area (Å²) in [5.74, 6) is -3.88. The van der Waals surface area contributed by atoms with Crippen LogP contribution in [0.5, 0.6) is 5.75 Å². The maximum absolute atomic E-state index is 13.6. The fraction of sp³-hybridized carbons (Fsp3) is 0.500. The highest BCUT2D eigenvalue weighted by atomic mass is 32.3. The molecule has 2 aromatic rings. The summed E-state index contributed by atoms with van der Waals surface area (Å²) in [7, 11) is -5.28. The van der Waals surface area contributed by atoms with Gasteiger partial charge in [0.2, 0.25) is 16.1 Å². The number of aliphatic carboxylic acids is 1. The van der Waals surface area contributed by atoms with Crippen LogP contribution < -0.4 is 16.2 Å². The van der Waals surface area contributed by atoms with E-state index < -0.39 is 76.1 Å². The van der Waals surface area contributed by atoms with Gasteiger partial charge in [0.15, 0.2) is 28.9 Å². The number of carboxylic acids is 1. The summed E-state index contributed by atoms with van der Waals surface area (Å²) in [5.41, 5.74) is 9.59. The molecule has 1 fully saturated rings. The summed E-state index contributed by atoms with van der Waals surface area (Å²) in [6.07, 6.45) is 0.0512. The third-order valence-corrected chi connectivity index (χ3v) is 10.4. The van der Waals surface area contributed by atoms with Gasteiger partial charge in [0.25, 0.3) is 11.5 Å². The normalized spacial score (nSPS) is 21.5. The van der Waals surface area contributed by atoms with Crippen molar-refractivity contribution in [2.75, 3.05) is 32.0 Å². The van der Waals surface area contributed by atoms with Gasteiger partial charge in [-0.15, -0.1) is 20.5 Å². The number of nitrogen functional groups attached to an aromatic ring is 1. The van der Waals surface area contributed by atoms with E-state index >= 15 is 0 Å². The van der Waals surface area contributed by atoms with Gasteiger partial charge in [-0.3, -0.25) is 9.59 Å². The molecule has 5 rings (SSSR count). The van der Waals surface area contributed by atoms with Crippen LogP contribution >= 0.6 is 11.3 Å². The van der Waals surface area contributed by atoms with Crippen LogP contribution in [0.25, 0.3) is 0 Å². The van der Waals surface area contributed by atoms with E-state index in [4.69, 9.17) is 26.5 Å². The smallest absolute Gasteiger partial charge is 0.574 e. The number of guanidine groups is 1. The van der Waals surface area contributed by atoms with Gasteiger partial charge >= 0.3 is 11.9 Å². The quantitative estimate of drug-likeness (QED) is 0.0274. The molecule has 54 heavy (non-hydrogen) atoms. The molecule has 1 aromatic carbocycles. The number of rotatable bonds is 17. The summed E-state index contributed by atoms with van der Waals surface area (Å²) in [4.78, 5) is 48.8. The molecule has 1 saturated heterocycles. The number of ketones is 1. The first-order valence-corrected chi connectivity index (χ1v) is 18.9.